The van der Waals surface area contributed by atoms with E-state index in [1.54, 1.807) is 0 Å². The number of H-pyrrole nitrogens is 1. The highest BCUT2D eigenvalue weighted by Gasteiger charge is 2.26. The standard InChI is InChI=1S/C12H18N2O2/c1-2-3-4-7-16-11-8-10(15)13-12(14-11)9-5-6-9/h8-9H,2-7H2,1H3,(H,13,14,15). The van der Waals surface area contributed by atoms with Crippen LogP contribution in [-0.2, 0) is 0 Å². The molecule has 1 heterocycles. The Morgan fingerprint density at radius 2 is 2.31 bits per heavy atom. The molecule has 1 aliphatic carbocycles. The van der Waals surface area contributed by atoms with E-state index in [-0.39, 0.29) is 5.56 Å². The molecule has 2 rings (SSSR count). The Morgan fingerprint density at radius 3 is 3.00 bits per heavy atom. The smallest absolute Gasteiger partial charge is 0.254 e. The van der Waals surface area contributed by atoms with Gasteiger partial charge in [0.25, 0.3) is 5.56 Å². The molecule has 1 saturated carbocycles. The predicted octanol–water partition coefficient (Wildman–Crippen LogP) is 2.22. The van der Waals surface area contributed by atoms with Gasteiger partial charge in [-0.2, -0.15) is 4.98 Å². The van der Waals surface area contributed by atoms with E-state index in [0.717, 1.165) is 31.5 Å². The van der Waals surface area contributed by atoms with Gasteiger partial charge in [-0.25, -0.2) is 0 Å². The molecule has 1 N–H and O–H groups in total. The molecule has 1 aromatic rings. The van der Waals surface area contributed by atoms with Gasteiger partial charge in [0.05, 0.1) is 12.7 Å². The molecule has 0 bridgehead atoms. The van der Waals surface area contributed by atoms with E-state index in [4.69, 9.17) is 4.74 Å². The predicted molar refractivity (Wildman–Crippen MR) is 61.9 cm³/mol. The van der Waals surface area contributed by atoms with Gasteiger partial charge in [0.2, 0.25) is 5.88 Å². The van der Waals surface area contributed by atoms with Gasteiger partial charge in [-0.3, -0.25) is 4.79 Å². The Morgan fingerprint density at radius 1 is 1.50 bits per heavy atom. The highest BCUT2D eigenvalue weighted by molar-refractivity contribution is 5.13. The zero-order valence-corrected chi connectivity index (χ0v) is 9.66. The second kappa shape index (κ2) is 5.14. The number of hydrogen-bond donors (Lipinski definition) is 1. The van der Waals surface area contributed by atoms with Crippen molar-refractivity contribution in [3.63, 3.8) is 0 Å². The summed E-state index contributed by atoms with van der Waals surface area (Å²) < 4.78 is 5.48. The highest BCUT2D eigenvalue weighted by atomic mass is 16.5. The largest absolute Gasteiger partial charge is 0.477 e. The summed E-state index contributed by atoms with van der Waals surface area (Å²) in [6.45, 7) is 2.80. The van der Waals surface area contributed by atoms with Gasteiger partial charge >= 0.3 is 0 Å². The van der Waals surface area contributed by atoms with Gasteiger partial charge in [-0.15, -0.1) is 0 Å². The molecule has 0 amide bonds. The number of unbranched alkanes of at least 4 members (excludes halogenated alkanes) is 2. The van der Waals surface area contributed by atoms with Crippen molar-refractivity contribution < 1.29 is 4.74 Å². The molecule has 0 aromatic carbocycles. The lowest BCUT2D eigenvalue weighted by Gasteiger charge is -2.05. The van der Waals surface area contributed by atoms with Crippen molar-refractivity contribution in [2.24, 2.45) is 0 Å². The van der Waals surface area contributed by atoms with Gasteiger partial charge in [0, 0.05) is 5.92 Å². The number of aromatic nitrogens is 2. The molecule has 16 heavy (non-hydrogen) atoms. The van der Waals surface area contributed by atoms with Crippen LogP contribution in [-0.4, -0.2) is 16.6 Å². The second-order valence-corrected chi connectivity index (χ2v) is 4.30. The molecule has 0 aliphatic heterocycles. The van der Waals surface area contributed by atoms with Gasteiger partial charge < -0.3 is 9.72 Å². The van der Waals surface area contributed by atoms with Crippen LogP contribution in [0.1, 0.15) is 50.8 Å². The molecule has 4 nitrogen and oxygen atoms in total. The summed E-state index contributed by atoms with van der Waals surface area (Å²) in [7, 11) is 0. The minimum absolute atomic E-state index is 0.109. The Kier molecular flexibility index (Phi) is 3.59. The minimum atomic E-state index is -0.109. The summed E-state index contributed by atoms with van der Waals surface area (Å²) in [6.07, 6.45) is 5.59. The molecule has 1 aromatic heterocycles. The number of hydrogen-bond acceptors (Lipinski definition) is 3. The van der Waals surface area contributed by atoms with Crippen LogP contribution in [0.4, 0.5) is 0 Å². The number of nitrogens with one attached hydrogen (secondary N) is 1. The van der Waals surface area contributed by atoms with Gasteiger partial charge in [-0.05, 0) is 19.3 Å². The Bertz CT molecular complexity index is 396. The van der Waals surface area contributed by atoms with Crippen molar-refractivity contribution in [3.8, 4) is 5.88 Å². The Labute approximate surface area is 95.1 Å². The van der Waals surface area contributed by atoms with E-state index < -0.39 is 0 Å². The average molecular weight is 222 g/mol. The first-order valence-electron chi connectivity index (χ1n) is 6.03. The fraction of sp³-hybridized carbons (Fsp3) is 0.667. The molecule has 0 unspecified atom stereocenters. The van der Waals surface area contributed by atoms with Crippen LogP contribution < -0.4 is 10.3 Å². The normalized spacial score (nSPS) is 15.1. The van der Waals surface area contributed by atoms with Crippen molar-refractivity contribution in [3.05, 3.63) is 22.2 Å². The van der Waals surface area contributed by atoms with Crippen molar-refractivity contribution >= 4 is 0 Å². The Hall–Kier alpha value is -1.32. The monoisotopic (exact) mass is 222 g/mol. The fourth-order valence-corrected chi connectivity index (χ4v) is 1.61. The first kappa shape index (κ1) is 11.2. The van der Waals surface area contributed by atoms with E-state index in [1.807, 2.05) is 0 Å². The molecule has 0 saturated heterocycles. The van der Waals surface area contributed by atoms with E-state index >= 15 is 0 Å². The van der Waals surface area contributed by atoms with Crippen LogP contribution in [0.2, 0.25) is 0 Å². The van der Waals surface area contributed by atoms with E-state index in [0.29, 0.717) is 18.4 Å². The average Bonchev–Trinajstić information content (AvgIpc) is 3.07. The van der Waals surface area contributed by atoms with Crippen LogP contribution in [0.5, 0.6) is 5.88 Å². The number of nitrogens with zero attached hydrogens (tertiary/aromatic N) is 1. The lowest BCUT2D eigenvalue weighted by Crippen LogP contribution is -2.12. The lowest BCUT2D eigenvalue weighted by atomic mass is 10.3. The molecule has 0 spiro atoms. The molecule has 1 fully saturated rings. The summed E-state index contributed by atoms with van der Waals surface area (Å²) in [5, 5.41) is 0. The first-order chi connectivity index (χ1) is 7.79. The molecule has 0 atom stereocenters. The van der Waals surface area contributed by atoms with E-state index in [9.17, 15) is 4.79 Å². The second-order valence-electron chi connectivity index (χ2n) is 4.30. The summed E-state index contributed by atoms with van der Waals surface area (Å²) in [4.78, 5) is 18.4. The van der Waals surface area contributed by atoms with Crippen LogP contribution in [0.3, 0.4) is 0 Å². The first-order valence-corrected chi connectivity index (χ1v) is 6.03. The van der Waals surface area contributed by atoms with Crippen molar-refractivity contribution in [1.82, 2.24) is 9.97 Å². The van der Waals surface area contributed by atoms with E-state index in [2.05, 4.69) is 16.9 Å². The van der Waals surface area contributed by atoms with Gasteiger partial charge in [0.15, 0.2) is 0 Å². The van der Waals surface area contributed by atoms with Gasteiger partial charge in [0.1, 0.15) is 5.82 Å². The third-order valence-electron chi connectivity index (χ3n) is 2.70. The summed E-state index contributed by atoms with van der Waals surface area (Å²) in [5.41, 5.74) is -0.109. The molecule has 88 valence electrons. The summed E-state index contributed by atoms with van der Waals surface area (Å²) >= 11 is 0. The molecular formula is C12H18N2O2. The fourth-order valence-electron chi connectivity index (χ4n) is 1.61. The zero-order chi connectivity index (χ0) is 11.4. The maximum atomic E-state index is 11.4. The summed E-state index contributed by atoms with van der Waals surface area (Å²) in [5.74, 6) is 1.71. The molecule has 4 heteroatoms. The van der Waals surface area contributed by atoms with Crippen molar-refractivity contribution in [2.45, 2.75) is 44.9 Å². The molecule has 0 radical (unpaired) electrons. The lowest BCUT2D eigenvalue weighted by molar-refractivity contribution is 0.293. The Balaban J connectivity index is 1.94. The van der Waals surface area contributed by atoms with Crippen LogP contribution in [0, 0.1) is 0 Å². The molecule has 1 aliphatic rings. The zero-order valence-electron chi connectivity index (χ0n) is 9.66. The van der Waals surface area contributed by atoms with Crippen LogP contribution in [0.25, 0.3) is 0 Å². The third kappa shape index (κ3) is 3.08. The van der Waals surface area contributed by atoms with Gasteiger partial charge in [-0.1, -0.05) is 19.8 Å². The number of aromatic amines is 1. The quantitative estimate of drug-likeness (QED) is 0.751. The SMILES string of the molecule is CCCCCOc1cc(=O)[nH]c(C2CC2)n1. The number of ether oxygens (including phenoxy) is 1. The molecular weight excluding hydrogens is 204 g/mol. The van der Waals surface area contributed by atoms with Crippen LogP contribution in [0.15, 0.2) is 10.9 Å². The van der Waals surface area contributed by atoms with Crippen LogP contribution >= 0.6 is 0 Å². The van der Waals surface area contributed by atoms with Crippen molar-refractivity contribution in [2.75, 3.05) is 6.61 Å². The maximum Gasteiger partial charge on any atom is 0.254 e. The number of rotatable bonds is 6. The van der Waals surface area contributed by atoms with Crippen molar-refractivity contribution in [1.29, 1.82) is 0 Å². The van der Waals surface area contributed by atoms with E-state index in [1.165, 1.54) is 12.5 Å². The summed E-state index contributed by atoms with van der Waals surface area (Å²) in [6, 6.07) is 1.43. The maximum absolute atomic E-state index is 11.4. The highest BCUT2D eigenvalue weighted by Crippen LogP contribution is 2.37. The third-order valence-corrected chi connectivity index (χ3v) is 2.70. The minimum Gasteiger partial charge on any atom is -0.477 e. The topological polar surface area (TPSA) is 55.0 Å².